The quantitative estimate of drug-likeness (QED) is 0.261. The van der Waals surface area contributed by atoms with E-state index < -0.39 is 28.5 Å². The van der Waals surface area contributed by atoms with Crippen LogP contribution < -0.4 is 9.62 Å². The molecule has 0 heterocycles. The summed E-state index contributed by atoms with van der Waals surface area (Å²) in [6, 6.07) is 33.1. The molecule has 0 saturated carbocycles. The molecule has 1 atom stereocenters. The Bertz CT molecular complexity index is 1530. The van der Waals surface area contributed by atoms with E-state index in [-0.39, 0.29) is 23.8 Å². The molecule has 2 amide bonds. The van der Waals surface area contributed by atoms with Gasteiger partial charge < -0.3 is 10.2 Å². The van der Waals surface area contributed by atoms with Crippen LogP contribution in [0.4, 0.5) is 5.69 Å². The van der Waals surface area contributed by atoms with E-state index in [1.165, 1.54) is 4.90 Å². The highest BCUT2D eigenvalue weighted by Crippen LogP contribution is 2.25. The van der Waals surface area contributed by atoms with Gasteiger partial charge in [0, 0.05) is 19.5 Å². The van der Waals surface area contributed by atoms with Gasteiger partial charge in [0.05, 0.1) is 10.6 Å². The maximum Gasteiger partial charge on any atom is 0.264 e. The van der Waals surface area contributed by atoms with Crippen LogP contribution in [-0.2, 0) is 32.6 Å². The Morgan fingerprint density at radius 2 is 1.29 bits per heavy atom. The molecule has 0 saturated heterocycles. The van der Waals surface area contributed by atoms with Gasteiger partial charge in [0.1, 0.15) is 12.6 Å². The first kappa shape index (κ1) is 29.6. The zero-order valence-corrected chi connectivity index (χ0v) is 24.1. The summed E-state index contributed by atoms with van der Waals surface area (Å²) in [6.45, 7) is 3.77. The van der Waals surface area contributed by atoms with E-state index in [2.05, 4.69) is 5.32 Å². The second-order valence-corrected chi connectivity index (χ2v) is 11.6. The van der Waals surface area contributed by atoms with Gasteiger partial charge in [-0.15, -0.1) is 0 Å². The van der Waals surface area contributed by atoms with Crippen molar-refractivity contribution >= 4 is 27.5 Å². The van der Waals surface area contributed by atoms with E-state index in [1.807, 2.05) is 74.5 Å². The maximum atomic E-state index is 14.2. The number of hydrogen-bond acceptors (Lipinski definition) is 4. The molecule has 7 nitrogen and oxygen atoms in total. The van der Waals surface area contributed by atoms with Gasteiger partial charge in [-0.3, -0.25) is 13.9 Å². The van der Waals surface area contributed by atoms with E-state index in [0.717, 1.165) is 21.0 Å². The molecule has 0 aromatic heterocycles. The van der Waals surface area contributed by atoms with Gasteiger partial charge >= 0.3 is 0 Å². The summed E-state index contributed by atoms with van der Waals surface area (Å²) in [7, 11) is -4.10. The van der Waals surface area contributed by atoms with Gasteiger partial charge in [-0.2, -0.15) is 0 Å². The van der Waals surface area contributed by atoms with E-state index >= 15 is 0 Å². The molecule has 0 aliphatic rings. The average molecular weight is 570 g/mol. The van der Waals surface area contributed by atoms with Crippen molar-refractivity contribution in [2.24, 2.45) is 0 Å². The van der Waals surface area contributed by atoms with Crippen molar-refractivity contribution in [3.05, 3.63) is 132 Å². The number of amides is 2. The highest BCUT2D eigenvalue weighted by atomic mass is 32.2. The van der Waals surface area contributed by atoms with Crippen LogP contribution in [0, 0.1) is 6.92 Å². The Balaban J connectivity index is 1.76. The summed E-state index contributed by atoms with van der Waals surface area (Å²) in [5.74, 6) is -0.783. The third-order valence-corrected chi connectivity index (χ3v) is 8.54. The van der Waals surface area contributed by atoms with Gasteiger partial charge in [0.15, 0.2) is 0 Å². The minimum absolute atomic E-state index is 0.0823. The first-order chi connectivity index (χ1) is 19.8. The van der Waals surface area contributed by atoms with E-state index in [0.29, 0.717) is 12.2 Å². The van der Waals surface area contributed by atoms with Crippen LogP contribution in [0.5, 0.6) is 0 Å². The van der Waals surface area contributed by atoms with Crippen LogP contribution in [0.25, 0.3) is 0 Å². The highest BCUT2D eigenvalue weighted by Gasteiger charge is 2.34. The van der Waals surface area contributed by atoms with Gasteiger partial charge in [0.25, 0.3) is 10.0 Å². The predicted molar refractivity (Wildman–Crippen MR) is 162 cm³/mol. The number of carbonyl (C=O) groups is 2. The molecule has 0 bridgehead atoms. The molecular weight excluding hydrogens is 534 g/mol. The van der Waals surface area contributed by atoms with Crippen molar-refractivity contribution in [1.82, 2.24) is 10.2 Å². The lowest BCUT2D eigenvalue weighted by Gasteiger charge is -2.33. The first-order valence-electron chi connectivity index (χ1n) is 13.6. The number of nitrogens with zero attached hydrogens (tertiary/aromatic N) is 2. The molecule has 212 valence electrons. The van der Waals surface area contributed by atoms with Crippen LogP contribution in [0.1, 0.15) is 23.6 Å². The number of aryl methyl sites for hydroxylation is 1. The van der Waals surface area contributed by atoms with Crippen molar-refractivity contribution in [3.8, 4) is 0 Å². The average Bonchev–Trinajstić information content (AvgIpc) is 2.99. The fraction of sp³-hybridized carbons (Fsp3) is 0.212. The summed E-state index contributed by atoms with van der Waals surface area (Å²) in [6.07, 6.45) is 0.279. The molecule has 41 heavy (non-hydrogen) atoms. The van der Waals surface area contributed by atoms with Crippen molar-refractivity contribution in [3.63, 3.8) is 0 Å². The van der Waals surface area contributed by atoms with Gasteiger partial charge in [-0.1, -0.05) is 96.6 Å². The number of sulfonamides is 1. The fourth-order valence-corrected chi connectivity index (χ4v) is 6.00. The molecule has 4 aromatic rings. The summed E-state index contributed by atoms with van der Waals surface area (Å²) >= 11 is 0. The first-order valence-corrected chi connectivity index (χ1v) is 15.0. The number of rotatable bonds is 12. The molecule has 4 rings (SSSR count). The zero-order chi connectivity index (χ0) is 29.2. The molecule has 8 heteroatoms. The monoisotopic (exact) mass is 569 g/mol. The van der Waals surface area contributed by atoms with Gasteiger partial charge in [-0.25, -0.2) is 8.42 Å². The van der Waals surface area contributed by atoms with E-state index in [4.69, 9.17) is 0 Å². The van der Waals surface area contributed by atoms with E-state index in [9.17, 15) is 18.0 Å². The molecule has 1 N–H and O–H groups in total. The molecule has 0 spiro atoms. The molecular formula is C33H35N3O4S. The summed E-state index contributed by atoms with van der Waals surface area (Å²) < 4.78 is 29.0. The van der Waals surface area contributed by atoms with Crippen LogP contribution in [0.3, 0.4) is 0 Å². The number of benzene rings is 4. The standard InChI is InChI=1S/C33H35N3O4S/c1-3-34-33(38)31(23-27-13-7-4-8-14-27)35(24-28-15-9-5-10-16-28)32(37)25-36(29-17-11-6-12-18-29)41(39,40)30-21-19-26(2)20-22-30/h4-22,31H,3,23-25H2,1-2H3,(H,34,38)/t31-/m1/s1. The van der Waals surface area contributed by atoms with Crippen molar-refractivity contribution < 1.29 is 18.0 Å². The molecule has 0 unspecified atom stereocenters. The van der Waals surface area contributed by atoms with Crippen LogP contribution in [0.2, 0.25) is 0 Å². The number of anilines is 1. The van der Waals surface area contributed by atoms with Crippen LogP contribution in [0.15, 0.2) is 120 Å². The van der Waals surface area contributed by atoms with Gasteiger partial charge in [0.2, 0.25) is 11.8 Å². The predicted octanol–water partition coefficient (Wildman–Crippen LogP) is 4.97. The molecule has 0 aliphatic carbocycles. The van der Waals surface area contributed by atoms with Crippen molar-refractivity contribution in [2.75, 3.05) is 17.4 Å². The Morgan fingerprint density at radius 1 is 0.756 bits per heavy atom. The summed E-state index contributed by atoms with van der Waals surface area (Å²) in [5.41, 5.74) is 3.00. The zero-order valence-electron chi connectivity index (χ0n) is 23.3. The molecule has 0 radical (unpaired) electrons. The Labute approximate surface area is 242 Å². The third-order valence-electron chi connectivity index (χ3n) is 6.75. The van der Waals surface area contributed by atoms with Crippen LogP contribution in [-0.4, -0.2) is 44.3 Å². The maximum absolute atomic E-state index is 14.2. The largest absolute Gasteiger partial charge is 0.355 e. The van der Waals surface area contributed by atoms with Crippen molar-refractivity contribution in [2.45, 2.75) is 37.8 Å². The number of nitrogens with one attached hydrogen (secondary N) is 1. The highest BCUT2D eigenvalue weighted by molar-refractivity contribution is 7.92. The molecule has 0 fully saturated rings. The number of para-hydroxylation sites is 1. The number of likely N-dealkylation sites (N-methyl/N-ethyl adjacent to an activating group) is 1. The van der Waals surface area contributed by atoms with Gasteiger partial charge in [-0.05, 0) is 49.2 Å². The Kier molecular flexibility index (Phi) is 9.92. The number of hydrogen-bond donors (Lipinski definition) is 1. The number of carbonyl (C=O) groups excluding carboxylic acids is 2. The lowest BCUT2D eigenvalue weighted by molar-refractivity contribution is -0.140. The SMILES string of the molecule is CCNC(=O)[C@@H](Cc1ccccc1)N(Cc1ccccc1)C(=O)CN(c1ccccc1)S(=O)(=O)c1ccc(C)cc1. The molecule has 0 aliphatic heterocycles. The lowest BCUT2D eigenvalue weighted by Crippen LogP contribution is -2.53. The second kappa shape index (κ2) is 13.8. The van der Waals surface area contributed by atoms with E-state index in [1.54, 1.807) is 54.6 Å². The lowest BCUT2D eigenvalue weighted by atomic mass is 10.0. The second-order valence-electron chi connectivity index (χ2n) is 9.77. The molecule has 4 aromatic carbocycles. The van der Waals surface area contributed by atoms with Crippen LogP contribution >= 0.6 is 0 Å². The topological polar surface area (TPSA) is 86.8 Å². The summed E-state index contributed by atoms with van der Waals surface area (Å²) in [5, 5.41) is 2.87. The minimum atomic E-state index is -4.10. The fourth-order valence-electron chi connectivity index (χ4n) is 4.59. The summed E-state index contributed by atoms with van der Waals surface area (Å²) in [4.78, 5) is 29.3. The smallest absolute Gasteiger partial charge is 0.264 e. The third kappa shape index (κ3) is 7.61. The van der Waals surface area contributed by atoms with Crippen molar-refractivity contribution in [1.29, 1.82) is 0 Å². The minimum Gasteiger partial charge on any atom is -0.355 e. The Hall–Kier alpha value is -4.43. The Morgan fingerprint density at radius 3 is 1.85 bits per heavy atom. The normalized spacial score (nSPS) is 11.9.